The van der Waals surface area contributed by atoms with Gasteiger partial charge in [-0.2, -0.15) is 0 Å². The molecule has 5 nitrogen and oxygen atoms in total. The molecule has 0 unspecified atom stereocenters. The van der Waals surface area contributed by atoms with Crippen LogP contribution >= 0.6 is 11.3 Å². The van der Waals surface area contributed by atoms with Gasteiger partial charge in [-0.3, -0.25) is 4.79 Å². The molecular formula is C29H35N4OS. The number of carbonyl (C=O) groups excluding carboxylic acids is 1. The number of nitrogens with one attached hydrogen (secondary N) is 3. The zero-order valence-electron chi connectivity index (χ0n) is 20.5. The Morgan fingerprint density at radius 3 is 2.54 bits per heavy atom. The van der Waals surface area contributed by atoms with Crippen molar-refractivity contribution in [1.29, 1.82) is 0 Å². The minimum atomic E-state index is 0.171. The van der Waals surface area contributed by atoms with Crippen molar-refractivity contribution in [3.05, 3.63) is 58.8 Å². The predicted molar refractivity (Wildman–Crippen MR) is 145 cm³/mol. The quantitative estimate of drug-likeness (QED) is 0.307. The number of hydrogen-bond acceptors (Lipinski definition) is 5. The van der Waals surface area contributed by atoms with Gasteiger partial charge in [0.05, 0.1) is 17.7 Å². The lowest BCUT2D eigenvalue weighted by Gasteiger charge is -2.56. The van der Waals surface area contributed by atoms with Crippen molar-refractivity contribution in [1.82, 2.24) is 10.3 Å². The Balaban J connectivity index is 1.05. The fourth-order valence-corrected chi connectivity index (χ4v) is 8.19. The molecule has 0 atom stereocenters. The maximum absolute atomic E-state index is 13.2. The molecule has 0 aliphatic heterocycles. The number of aryl methyl sites for hydroxylation is 1. The number of hydrogen-bond donors (Lipinski definition) is 3. The first-order chi connectivity index (χ1) is 17.1. The SMILES string of the molecule is Cc1ccsc1[CH]NCCNc1ccc2c(NC(=O)CC34CC5CC(CC(C5)C3)C4)cccc2n1. The first kappa shape index (κ1) is 23.0. The summed E-state index contributed by atoms with van der Waals surface area (Å²) >= 11 is 1.75. The first-order valence-corrected chi connectivity index (χ1v) is 14.0. The fraction of sp³-hybridized carbons (Fsp3) is 0.483. The molecule has 4 aliphatic rings. The van der Waals surface area contributed by atoms with E-state index >= 15 is 0 Å². The largest absolute Gasteiger partial charge is 0.369 e. The van der Waals surface area contributed by atoms with Crippen molar-refractivity contribution in [2.75, 3.05) is 23.7 Å². The molecule has 4 bridgehead atoms. The van der Waals surface area contributed by atoms with Crippen LogP contribution in [0.5, 0.6) is 0 Å². The van der Waals surface area contributed by atoms with Gasteiger partial charge in [0.2, 0.25) is 5.91 Å². The van der Waals surface area contributed by atoms with Gasteiger partial charge in [0.25, 0.3) is 0 Å². The van der Waals surface area contributed by atoms with Gasteiger partial charge in [0, 0.05) is 29.8 Å². The zero-order valence-corrected chi connectivity index (χ0v) is 21.3. The van der Waals surface area contributed by atoms with Crippen LogP contribution in [-0.4, -0.2) is 24.0 Å². The highest BCUT2D eigenvalue weighted by Gasteiger charge is 2.51. The maximum Gasteiger partial charge on any atom is 0.224 e. The predicted octanol–water partition coefficient (Wildman–Crippen LogP) is 6.36. The third-order valence-corrected chi connectivity index (χ3v) is 9.38. The van der Waals surface area contributed by atoms with Crippen molar-refractivity contribution in [3.8, 4) is 0 Å². The lowest BCUT2D eigenvalue weighted by Crippen LogP contribution is -2.47. The number of amides is 1. The van der Waals surface area contributed by atoms with Gasteiger partial charge in [-0.05, 0) is 110 Å². The van der Waals surface area contributed by atoms with Crippen LogP contribution in [0.3, 0.4) is 0 Å². The maximum atomic E-state index is 13.2. The lowest BCUT2D eigenvalue weighted by molar-refractivity contribution is -0.124. The smallest absolute Gasteiger partial charge is 0.224 e. The number of carbonyl (C=O) groups is 1. The minimum Gasteiger partial charge on any atom is -0.369 e. The van der Waals surface area contributed by atoms with E-state index in [2.05, 4.69) is 46.9 Å². The molecule has 3 aromatic rings. The van der Waals surface area contributed by atoms with E-state index in [4.69, 9.17) is 4.98 Å². The Bertz CT molecular complexity index is 1180. The second-order valence-electron chi connectivity index (χ2n) is 11.2. The average molecular weight is 488 g/mol. The molecule has 1 aromatic carbocycles. The van der Waals surface area contributed by atoms with Crippen molar-refractivity contribution in [3.63, 3.8) is 0 Å². The summed E-state index contributed by atoms with van der Waals surface area (Å²) in [6.45, 7) is 5.80. The number of aromatic nitrogens is 1. The highest BCUT2D eigenvalue weighted by molar-refractivity contribution is 7.10. The van der Waals surface area contributed by atoms with Gasteiger partial charge in [0.15, 0.2) is 0 Å². The van der Waals surface area contributed by atoms with Crippen molar-refractivity contribution < 1.29 is 4.79 Å². The molecule has 6 heteroatoms. The topological polar surface area (TPSA) is 66.0 Å². The van der Waals surface area contributed by atoms with Crippen LogP contribution in [0.1, 0.15) is 55.4 Å². The molecule has 1 amide bonds. The van der Waals surface area contributed by atoms with Gasteiger partial charge in [-0.25, -0.2) is 4.98 Å². The average Bonchev–Trinajstić information content (AvgIpc) is 3.22. The molecular weight excluding hydrogens is 452 g/mol. The van der Waals surface area contributed by atoms with E-state index in [1.165, 1.54) is 49.0 Å². The number of anilines is 2. The van der Waals surface area contributed by atoms with Gasteiger partial charge < -0.3 is 16.0 Å². The van der Waals surface area contributed by atoms with E-state index in [1.807, 2.05) is 24.3 Å². The van der Waals surface area contributed by atoms with E-state index in [0.29, 0.717) is 6.42 Å². The number of rotatable bonds is 9. The Kier molecular flexibility index (Phi) is 6.27. The van der Waals surface area contributed by atoms with E-state index in [-0.39, 0.29) is 11.3 Å². The molecule has 4 saturated carbocycles. The minimum absolute atomic E-state index is 0.171. The molecule has 0 spiro atoms. The van der Waals surface area contributed by atoms with E-state index in [1.54, 1.807) is 11.3 Å². The number of fused-ring (bicyclic) bond motifs is 1. The number of nitrogens with zero attached hydrogens (tertiary/aromatic N) is 1. The lowest BCUT2D eigenvalue weighted by atomic mass is 9.49. The fourth-order valence-electron chi connectivity index (χ4n) is 7.36. The van der Waals surface area contributed by atoms with Crippen molar-refractivity contribution in [2.45, 2.75) is 51.9 Å². The van der Waals surface area contributed by atoms with Crippen molar-refractivity contribution >= 4 is 39.7 Å². The highest BCUT2D eigenvalue weighted by atomic mass is 32.1. The van der Waals surface area contributed by atoms with Gasteiger partial charge in [-0.15, -0.1) is 11.3 Å². The molecule has 0 saturated heterocycles. The molecule has 7 rings (SSSR count). The number of pyridine rings is 1. The number of benzene rings is 1. The third kappa shape index (κ3) is 4.96. The van der Waals surface area contributed by atoms with Crippen LogP contribution in [0.4, 0.5) is 11.5 Å². The zero-order chi connectivity index (χ0) is 23.8. The molecule has 1 radical (unpaired) electrons. The summed E-state index contributed by atoms with van der Waals surface area (Å²) in [7, 11) is 0. The van der Waals surface area contributed by atoms with Crippen LogP contribution in [0.15, 0.2) is 41.8 Å². The van der Waals surface area contributed by atoms with Gasteiger partial charge in [-0.1, -0.05) is 6.07 Å². The van der Waals surface area contributed by atoms with Crippen LogP contribution in [0.25, 0.3) is 10.9 Å². The Labute approximate surface area is 212 Å². The van der Waals surface area contributed by atoms with Crippen LogP contribution < -0.4 is 16.0 Å². The Hall–Kier alpha value is -2.44. The molecule has 2 heterocycles. The first-order valence-electron chi connectivity index (χ1n) is 13.1. The van der Waals surface area contributed by atoms with Gasteiger partial charge in [0.1, 0.15) is 5.82 Å². The summed E-state index contributed by atoms with van der Waals surface area (Å²) in [6.07, 6.45) is 8.70. The second-order valence-corrected chi connectivity index (χ2v) is 12.2. The molecule has 4 fully saturated rings. The molecule has 183 valence electrons. The van der Waals surface area contributed by atoms with Crippen LogP contribution in [0.2, 0.25) is 0 Å². The second kappa shape index (κ2) is 9.55. The molecule has 3 N–H and O–H groups in total. The molecule has 2 aromatic heterocycles. The number of thiophene rings is 1. The van der Waals surface area contributed by atoms with Crippen molar-refractivity contribution in [2.24, 2.45) is 23.2 Å². The Morgan fingerprint density at radius 1 is 1.06 bits per heavy atom. The summed E-state index contributed by atoms with van der Waals surface area (Å²) in [6, 6.07) is 12.2. The summed E-state index contributed by atoms with van der Waals surface area (Å²) in [5, 5.41) is 13.1. The standard InChI is InChI=1S/C29H35N4OS/c1-19-7-10-35-26(19)18-30-8-9-31-27-6-5-23-24(32-27)3-2-4-25(23)33-28(34)17-29-14-20-11-21(15-29)13-22(12-20)16-29/h2-7,10,18,20-22,30H,8-9,11-17H2,1H3,(H,31,32)(H,33,34). The molecule has 35 heavy (non-hydrogen) atoms. The summed E-state index contributed by atoms with van der Waals surface area (Å²) in [5.74, 6) is 3.63. The Morgan fingerprint density at radius 2 is 1.83 bits per heavy atom. The molecule has 4 aliphatic carbocycles. The van der Waals surface area contributed by atoms with E-state index in [9.17, 15) is 4.79 Å². The third-order valence-electron chi connectivity index (χ3n) is 8.42. The van der Waals surface area contributed by atoms with Gasteiger partial charge >= 0.3 is 0 Å². The van der Waals surface area contributed by atoms with E-state index < -0.39 is 0 Å². The summed E-state index contributed by atoms with van der Waals surface area (Å²) in [5.41, 5.74) is 3.33. The van der Waals surface area contributed by atoms with Crippen LogP contribution in [0, 0.1) is 36.6 Å². The summed E-state index contributed by atoms with van der Waals surface area (Å²) in [4.78, 5) is 19.2. The normalized spacial score (nSPS) is 26.8. The summed E-state index contributed by atoms with van der Waals surface area (Å²) < 4.78 is 0. The van der Waals surface area contributed by atoms with E-state index in [0.717, 1.165) is 53.3 Å². The monoisotopic (exact) mass is 487 g/mol. The van der Waals surface area contributed by atoms with Crippen LogP contribution in [-0.2, 0) is 4.79 Å². The highest BCUT2D eigenvalue weighted by Crippen LogP contribution is 2.61.